The molecule has 0 aliphatic carbocycles. The summed E-state index contributed by atoms with van der Waals surface area (Å²) in [6.45, 7) is 1.30. The van der Waals surface area contributed by atoms with Crippen molar-refractivity contribution >= 4 is 21.8 Å². The summed E-state index contributed by atoms with van der Waals surface area (Å²) in [5.74, 6) is 2.56. The van der Waals surface area contributed by atoms with Crippen molar-refractivity contribution in [1.29, 1.82) is 0 Å². The van der Waals surface area contributed by atoms with Gasteiger partial charge in [-0.1, -0.05) is 0 Å². The van der Waals surface area contributed by atoms with Crippen molar-refractivity contribution in [3.63, 3.8) is 0 Å². The maximum atomic E-state index is 11.0. The number of primary sulfonamides is 1. The number of rotatable bonds is 8. The van der Waals surface area contributed by atoms with Crippen molar-refractivity contribution in [3.05, 3.63) is 24.3 Å². The fourth-order valence-corrected chi connectivity index (χ4v) is 2.52. The first-order valence-corrected chi connectivity index (χ1v) is 8.27. The van der Waals surface area contributed by atoms with E-state index in [1.54, 1.807) is 23.9 Å². The molecule has 0 radical (unpaired) electrons. The Labute approximate surface area is 112 Å². The fourth-order valence-electron chi connectivity index (χ4n) is 1.23. The zero-order chi connectivity index (χ0) is 13.4. The van der Waals surface area contributed by atoms with Gasteiger partial charge in [-0.3, -0.25) is 0 Å². The lowest BCUT2D eigenvalue weighted by atomic mass is 10.3. The van der Waals surface area contributed by atoms with Gasteiger partial charge in [-0.15, -0.1) is 0 Å². The lowest BCUT2D eigenvalue weighted by Crippen LogP contribution is -2.11. The highest BCUT2D eigenvalue weighted by Crippen LogP contribution is 2.15. The summed E-state index contributed by atoms with van der Waals surface area (Å²) in [6, 6.07) is 6.08. The van der Waals surface area contributed by atoms with Crippen LogP contribution >= 0.6 is 11.8 Å². The van der Waals surface area contributed by atoms with E-state index in [0.29, 0.717) is 18.9 Å². The van der Waals surface area contributed by atoms with E-state index in [-0.39, 0.29) is 4.90 Å². The first-order valence-electron chi connectivity index (χ1n) is 5.57. The number of thioether (sulfide) groups is 1. The van der Waals surface area contributed by atoms with Crippen LogP contribution in [0, 0.1) is 0 Å². The Hall–Kier alpha value is -0.760. The summed E-state index contributed by atoms with van der Waals surface area (Å²) in [4.78, 5) is 0.0900. The van der Waals surface area contributed by atoms with Crippen LogP contribution in [0.25, 0.3) is 0 Å². The standard InChI is InChI=1S/C11H18N2O3S2/c12-6-1-8-17-9-7-16-10-2-4-11(5-3-10)18(13,14)15/h2-5H,1,6-9,12H2,(H2,13,14,15). The third-order valence-corrected chi connectivity index (χ3v) is 4.10. The Morgan fingerprint density at radius 2 is 1.83 bits per heavy atom. The van der Waals surface area contributed by atoms with Gasteiger partial charge in [-0.05, 0) is 43.0 Å². The molecule has 0 heterocycles. The molecule has 102 valence electrons. The topological polar surface area (TPSA) is 95.4 Å². The Morgan fingerprint density at radius 1 is 1.17 bits per heavy atom. The maximum Gasteiger partial charge on any atom is 0.238 e. The Kier molecular flexibility index (Phi) is 6.48. The lowest BCUT2D eigenvalue weighted by molar-refractivity contribution is 0.343. The summed E-state index contributed by atoms with van der Waals surface area (Å²) in [5.41, 5.74) is 5.38. The van der Waals surface area contributed by atoms with E-state index in [0.717, 1.165) is 17.9 Å². The number of ether oxygens (including phenoxy) is 1. The van der Waals surface area contributed by atoms with E-state index >= 15 is 0 Å². The van der Waals surface area contributed by atoms with Gasteiger partial charge in [0.2, 0.25) is 10.0 Å². The minimum absolute atomic E-state index is 0.0900. The molecule has 4 N–H and O–H groups in total. The van der Waals surface area contributed by atoms with Crippen LogP contribution in [0.2, 0.25) is 0 Å². The molecule has 0 unspecified atom stereocenters. The molecular formula is C11H18N2O3S2. The molecule has 0 aromatic heterocycles. The highest BCUT2D eigenvalue weighted by atomic mass is 32.2. The minimum Gasteiger partial charge on any atom is -0.493 e. The van der Waals surface area contributed by atoms with Gasteiger partial charge < -0.3 is 10.5 Å². The fraction of sp³-hybridized carbons (Fsp3) is 0.455. The molecule has 1 aromatic rings. The SMILES string of the molecule is NCCCSCCOc1ccc(S(N)(=O)=O)cc1. The molecule has 0 bridgehead atoms. The summed E-state index contributed by atoms with van der Waals surface area (Å²) < 4.78 is 27.5. The monoisotopic (exact) mass is 290 g/mol. The van der Waals surface area contributed by atoms with Gasteiger partial charge in [0, 0.05) is 5.75 Å². The van der Waals surface area contributed by atoms with Gasteiger partial charge in [-0.2, -0.15) is 11.8 Å². The number of benzene rings is 1. The van der Waals surface area contributed by atoms with Crippen LogP contribution in [0.1, 0.15) is 6.42 Å². The number of sulfonamides is 1. The summed E-state index contributed by atoms with van der Waals surface area (Å²) in [6.07, 6.45) is 1.01. The van der Waals surface area contributed by atoms with Crippen molar-refractivity contribution in [2.75, 3.05) is 24.7 Å². The molecule has 7 heteroatoms. The third kappa shape index (κ3) is 5.72. The van der Waals surface area contributed by atoms with E-state index < -0.39 is 10.0 Å². The Bertz CT molecular complexity index is 446. The second-order valence-corrected chi connectivity index (χ2v) is 6.41. The Balaban J connectivity index is 2.32. The molecule has 1 rings (SSSR count). The van der Waals surface area contributed by atoms with Crippen LogP contribution in [0.4, 0.5) is 0 Å². The smallest absolute Gasteiger partial charge is 0.238 e. The van der Waals surface area contributed by atoms with Crippen molar-refractivity contribution in [2.45, 2.75) is 11.3 Å². The number of hydrogen-bond donors (Lipinski definition) is 2. The van der Waals surface area contributed by atoms with Crippen molar-refractivity contribution in [3.8, 4) is 5.75 Å². The van der Waals surface area contributed by atoms with Crippen molar-refractivity contribution < 1.29 is 13.2 Å². The molecular weight excluding hydrogens is 272 g/mol. The second kappa shape index (κ2) is 7.63. The zero-order valence-corrected chi connectivity index (χ0v) is 11.7. The zero-order valence-electron chi connectivity index (χ0n) is 10.0. The Morgan fingerprint density at radius 3 is 2.39 bits per heavy atom. The third-order valence-electron chi connectivity index (χ3n) is 2.14. The van der Waals surface area contributed by atoms with Crippen LogP contribution in [-0.4, -0.2) is 33.1 Å². The molecule has 0 atom stereocenters. The maximum absolute atomic E-state index is 11.0. The molecule has 1 aromatic carbocycles. The van der Waals surface area contributed by atoms with E-state index in [1.165, 1.54) is 12.1 Å². The first kappa shape index (κ1) is 15.3. The van der Waals surface area contributed by atoms with Crippen LogP contribution in [0.5, 0.6) is 5.75 Å². The van der Waals surface area contributed by atoms with E-state index in [9.17, 15) is 8.42 Å². The average Bonchev–Trinajstić information content (AvgIpc) is 2.33. The lowest BCUT2D eigenvalue weighted by Gasteiger charge is -2.06. The minimum atomic E-state index is -3.63. The normalized spacial score (nSPS) is 11.4. The van der Waals surface area contributed by atoms with Gasteiger partial charge in [0.25, 0.3) is 0 Å². The molecule has 0 fully saturated rings. The molecule has 0 aliphatic heterocycles. The molecule has 0 amide bonds. The quantitative estimate of drug-likeness (QED) is 0.690. The molecule has 0 saturated carbocycles. The van der Waals surface area contributed by atoms with Crippen LogP contribution in [0.15, 0.2) is 29.2 Å². The average molecular weight is 290 g/mol. The summed E-state index contributed by atoms with van der Waals surface area (Å²) in [5, 5.41) is 4.99. The van der Waals surface area contributed by atoms with Crippen LogP contribution in [-0.2, 0) is 10.0 Å². The van der Waals surface area contributed by atoms with Gasteiger partial charge in [-0.25, -0.2) is 13.6 Å². The number of nitrogens with two attached hydrogens (primary N) is 2. The predicted molar refractivity (Wildman–Crippen MR) is 74.3 cm³/mol. The number of hydrogen-bond acceptors (Lipinski definition) is 5. The van der Waals surface area contributed by atoms with Gasteiger partial charge in [0.05, 0.1) is 11.5 Å². The van der Waals surface area contributed by atoms with Gasteiger partial charge in [0.1, 0.15) is 5.75 Å². The van der Waals surface area contributed by atoms with Crippen molar-refractivity contribution in [2.24, 2.45) is 10.9 Å². The first-order chi connectivity index (χ1) is 8.54. The largest absolute Gasteiger partial charge is 0.493 e. The highest BCUT2D eigenvalue weighted by Gasteiger charge is 2.06. The van der Waals surface area contributed by atoms with Crippen molar-refractivity contribution in [1.82, 2.24) is 0 Å². The van der Waals surface area contributed by atoms with Gasteiger partial charge in [0.15, 0.2) is 0 Å². The van der Waals surface area contributed by atoms with E-state index in [1.807, 2.05) is 0 Å². The molecule has 5 nitrogen and oxygen atoms in total. The van der Waals surface area contributed by atoms with Gasteiger partial charge >= 0.3 is 0 Å². The second-order valence-electron chi connectivity index (χ2n) is 3.62. The van der Waals surface area contributed by atoms with E-state index in [2.05, 4.69) is 0 Å². The highest BCUT2D eigenvalue weighted by molar-refractivity contribution is 7.99. The predicted octanol–water partition coefficient (Wildman–Crippen LogP) is 0.795. The summed E-state index contributed by atoms with van der Waals surface area (Å²) in [7, 11) is -3.63. The molecule has 0 saturated heterocycles. The van der Waals surface area contributed by atoms with E-state index in [4.69, 9.17) is 15.6 Å². The summed E-state index contributed by atoms with van der Waals surface area (Å²) >= 11 is 1.78. The van der Waals surface area contributed by atoms with Crippen LogP contribution in [0.3, 0.4) is 0 Å². The molecule has 18 heavy (non-hydrogen) atoms. The molecule has 0 spiro atoms. The van der Waals surface area contributed by atoms with Crippen LogP contribution < -0.4 is 15.6 Å². The molecule has 0 aliphatic rings.